The molecule has 180 valence electrons. The van der Waals surface area contributed by atoms with Crippen molar-refractivity contribution >= 4 is 46.5 Å². The van der Waals surface area contributed by atoms with Gasteiger partial charge in [-0.1, -0.05) is 42.1 Å². The number of esters is 1. The highest BCUT2D eigenvalue weighted by atomic mass is 32.2. The second-order valence-electron chi connectivity index (χ2n) is 8.45. The molecule has 1 N–H and O–H groups in total. The lowest BCUT2D eigenvalue weighted by Crippen LogP contribution is -2.49. The Morgan fingerprint density at radius 3 is 2.29 bits per heavy atom. The molecule has 1 heterocycles. The van der Waals surface area contributed by atoms with Gasteiger partial charge in [0.2, 0.25) is 5.91 Å². The summed E-state index contributed by atoms with van der Waals surface area (Å²) in [6, 6.07) is 15.0. The van der Waals surface area contributed by atoms with Gasteiger partial charge in [-0.3, -0.25) is 9.59 Å². The maximum atomic E-state index is 13.3. The summed E-state index contributed by atoms with van der Waals surface area (Å²) < 4.78 is 4.35. The fourth-order valence-electron chi connectivity index (χ4n) is 3.76. The monoisotopic (exact) mass is 501 g/mol. The second-order valence-corrected chi connectivity index (χ2v) is 11.0. The van der Waals surface area contributed by atoms with Crippen LogP contribution in [0, 0.1) is 0 Å². The van der Waals surface area contributed by atoms with E-state index in [9.17, 15) is 24.3 Å². The van der Waals surface area contributed by atoms with E-state index in [1.54, 1.807) is 49.9 Å². The third kappa shape index (κ3) is 6.42. The Morgan fingerprint density at radius 1 is 1.06 bits per heavy atom. The molecule has 34 heavy (non-hydrogen) atoms. The molecule has 0 unspecified atom stereocenters. The first-order chi connectivity index (χ1) is 16.1. The number of thioether (sulfide) groups is 2. The zero-order valence-electron chi connectivity index (χ0n) is 19.2. The minimum atomic E-state index is -1.17. The Bertz CT molecular complexity index is 1050. The Kier molecular flexibility index (Phi) is 8.43. The van der Waals surface area contributed by atoms with Crippen LogP contribution in [0.5, 0.6) is 0 Å². The highest BCUT2D eigenvalue weighted by molar-refractivity contribution is 8.15. The number of rotatable bonds is 8. The predicted molar refractivity (Wildman–Crippen MR) is 132 cm³/mol. The van der Waals surface area contributed by atoms with Crippen molar-refractivity contribution in [2.75, 3.05) is 12.8 Å². The van der Waals surface area contributed by atoms with E-state index in [1.807, 2.05) is 36.6 Å². The summed E-state index contributed by atoms with van der Waals surface area (Å²) in [6.45, 7) is 3.17. The van der Waals surface area contributed by atoms with Crippen LogP contribution in [0.25, 0.3) is 0 Å². The zero-order chi connectivity index (χ0) is 24.9. The van der Waals surface area contributed by atoms with Crippen molar-refractivity contribution in [2.24, 2.45) is 0 Å². The minimum absolute atomic E-state index is 0.00554. The first kappa shape index (κ1) is 25.8. The molecule has 0 aliphatic carbocycles. The highest BCUT2D eigenvalue weighted by Gasteiger charge is 2.46. The van der Waals surface area contributed by atoms with Crippen LogP contribution in [0.4, 0.5) is 0 Å². The van der Waals surface area contributed by atoms with Crippen LogP contribution < -0.4 is 0 Å². The van der Waals surface area contributed by atoms with E-state index in [2.05, 4.69) is 0 Å². The number of carboxylic acids is 1. The molecular weight excluding hydrogens is 474 g/mol. The van der Waals surface area contributed by atoms with Gasteiger partial charge in [-0.2, -0.15) is 0 Å². The van der Waals surface area contributed by atoms with Gasteiger partial charge in [0.15, 0.2) is 5.12 Å². The number of benzene rings is 2. The number of hydrogen-bond donors (Lipinski definition) is 1. The van der Waals surface area contributed by atoms with Crippen molar-refractivity contribution in [1.29, 1.82) is 0 Å². The van der Waals surface area contributed by atoms with Crippen LogP contribution in [0.1, 0.15) is 36.2 Å². The summed E-state index contributed by atoms with van der Waals surface area (Å²) in [4.78, 5) is 52.5. The third-order valence-corrected chi connectivity index (χ3v) is 7.28. The van der Waals surface area contributed by atoms with Crippen LogP contribution in [-0.2, 0) is 25.5 Å². The van der Waals surface area contributed by atoms with Crippen molar-refractivity contribution in [3.63, 3.8) is 0 Å². The number of likely N-dealkylation sites (tertiary alicyclic amines) is 1. The first-order valence-corrected chi connectivity index (χ1v) is 12.8. The quantitative estimate of drug-likeness (QED) is 0.429. The zero-order valence-corrected chi connectivity index (χ0v) is 20.9. The molecule has 0 bridgehead atoms. The Hall–Kier alpha value is -2.78. The van der Waals surface area contributed by atoms with Crippen molar-refractivity contribution in [3.05, 3.63) is 65.7 Å². The molecule has 3 rings (SSSR count). The Morgan fingerprint density at radius 2 is 1.71 bits per heavy atom. The molecular formula is C25H27NO6S2. The fraction of sp³-hybridized carbons (Fsp3) is 0.360. The number of amides is 1. The Balaban J connectivity index is 1.66. The van der Waals surface area contributed by atoms with Gasteiger partial charge in [-0.15, -0.1) is 11.8 Å². The molecule has 1 aliphatic heterocycles. The van der Waals surface area contributed by atoms with Gasteiger partial charge in [0, 0.05) is 17.7 Å². The maximum Gasteiger partial charge on any atom is 0.338 e. The molecule has 2 atom stereocenters. The van der Waals surface area contributed by atoms with Crippen LogP contribution in [0.2, 0.25) is 0 Å². The molecule has 1 aliphatic rings. The van der Waals surface area contributed by atoms with E-state index in [0.717, 1.165) is 22.2 Å². The van der Waals surface area contributed by atoms with Gasteiger partial charge in [0.25, 0.3) is 0 Å². The maximum absolute atomic E-state index is 13.3. The normalized spacial score (nSPS) is 17.9. The molecule has 0 radical (unpaired) electrons. The predicted octanol–water partition coefficient (Wildman–Crippen LogP) is 3.90. The van der Waals surface area contributed by atoms with Crippen LogP contribution in [0.15, 0.2) is 59.5 Å². The summed E-state index contributed by atoms with van der Waals surface area (Å²) in [5, 5.41) is 9.50. The van der Waals surface area contributed by atoms with Crippen molar-refractivity contribution < 1.29 is 29.0 Å². The summed E-state index contributed by atoms with van der Waals surface area (Å²) in [5.74, 6) is -2.22. The fourth-order valence-corrected chi connectivity index (χ4v) is 5.18. The number of carbonyl (C=O) groups is 4. The van der Waals surface area contributed by atoms with Crippen LogP contribution in [-0.4, -0.2) is 62.7 Å². The van der Waals surface area contributed by atoms with Gasteiger partial charge < -0.3 is 14.7 Å². The lowest BCUT2D eigenvalue weighted by molar-refractivity contribution is -0.148. The van der Waals surface area contributed by atoms with Gasteiger partial charge in [-0.05, 0) is 49.9 Å². The van der Waals surface area contributed by atoms with Crippen molar-refractivity contribution in [1.82, 2.24) is 4.90 Å². The lowest BCUT2D eigenvalue weighted by Gasteiger charge is -2.30. The molecule has 2 aromatic carbocycles. The summed E-state index contributed by atoms with van der Waals surface area (Å²) in [7, 11) is 0. The Labute approximate surface area is 207 Å². The van der Waals surface area contributed by atoms with E-state index in [-0.39, 0.29) is 24.5 Å². The average Bonchev–Trinajstić information content (AvgIpc) is 3.22. The van der Waals surface area contributed by atoms with Gasteiger partial charge in [-0.25, -0.2) is 9.59 Å². The summed E-state index contributed by atoms with van der Waals surface area (Å²) in [5.41, 5.74) is 1.20. The number of nitrogens with zero attached hydrogens (tertiary/aromatic N) is 1. The number of carbonyl (C=O) groups excluding carboxylic acids is 3. The van der Waals surface area contributed by atoms with Crippen LogP contribution in [0.3, 0.4) is 0 Å². The van der Waals surface area contributed by atoms with E-state index >= 15 is 0 Å². The van der Waals surface area contributed by atoms with Crippen molar-refractivity contribution in [3.8, 4) is 0 Å². The van der Waals surface area contributed by atoms with E-state index in [0.29, 0.717) is 5.56 Å². The number of hydrogen-bond acceptors (Lipinski definition) is 7. The molecule has 1 saturated heterocycles. The molecule has 0 aromatic heterocycles. The summed E-state index contributed by atoms with van der Waals surface area (Å²) in [6.07, 6.45) is 1.34. The molecule has 0 saturated carbocycles. The SMILES string of the molecule is CSc1ccc(C(=O)O[C@@H]2C[C@@H](C(=O)O)N(C(=O)C(C)(C)SC(=O)Cc3ccccc3)C2)cc1. The number of carboxylic acid groups (broad SMARTS) is 1. The molecule has 7 nitrogen and oxygen atoms in total. The van der Waals surface area contributed by atoms with E-state index in [1.165, 1.54) is 4.90 Å². The van der Waals surface area contributed by atoms with Crippen LogP contribution >= 0.6 is 23.5 Å². The summed E-state index contributed by atoms with van der Waals surface area (Å²) >= 11 is 2.44. The highest BCUT2D eigenvalue weighted by Crippen LogP contribution is 2.33. The van der Waals surface area contributed by atoms with Gasteiger partial charge in [0.05, 0.1) is 16.9 Å². The largest absolute Gasteiger partial charge is 0.480 e. The topological polar surface area (TPSA) is 101 Å². The molecule has 1 fully saturated rings. The lowest BCUT2D eigenvalue weighted by atomic mass is 10.1. The first-order valence-electron chi connectivity index (χ1n) is 10.8. The smallest absolute Gasteiger partial charge is 0.338 e. The van der Waals surface area contributed by atoms with Crippen molar-refractivity contribution in [2.45, 2.75) is 48.5 Å². The third-order valence-electron chi connectivity index (χ3n) is 5.48. The van der Waals surface area contributed by atoms with E-state index < -0.39 is 34.7 Å². The van der Waals surface area contributed by atoms with E-state index in [4.69, 9.17) is 4.74 Å². The number of aliphatic carboxylic acids is 1. The molecule has 1 amide bonds. The molecule has 9 heteroatoms. The van der Waals surface area contributed by atoms with Gasteiger partial charge >= 0.3 is 11.9 Å². The molecule has 2 aromatic rings. The molecule has 0 spiro atoms. The number of ether oxygens (including phenoxy) is 1. The average molecular weight is 502 g/mol. The van der Waals surface area contributed by atoms with Gasteiger partial charge in [0.1, 0.15) is 12.1 Å². The second kappa shape index (κ2) is 11.1. The minimum Gasteiger partial charge on any atom is -0.480 e. The standard InChI is InChI=1S/C25H27NO6S2/c1-25(2,34-21(27)13-16-7-5-4-6-8-16)24(31)26-15-18(14-20(26)22(28)29)32-23(30)17-9-11-19(33-3)12-10-17/h4-12,18,20H,13-15H2,1-3H3,(H,28,29)/t18-,20+/m1/s1.